The molecule has 4 aliphatic carbocycles. The number of anilines is 1. The Labute approximate surface area is 145 Å². The van der Waals surface area contributed by atoms with Gasteiger partial charge in [-0.05, 0) is 79.4 Å². The van der Waals surface area contributed by atoms with Crippen LogP contribution < -0.4 is 10.6 Å². The van der Waals surface area contributed by atoms with Crippen LogP contribution in [0.4, 0.5) is 10.5 Å². The first-order valence-corrected chi connectivity index (χ1v) is 9.51. The molecule has 130 valence electrons. The molecule has 0 heterocycles. The summed E-state index contributed by atoms with van der Waals surface area (Å²) in [5.74, 6) is 2.55. The molecule has 0 aliphatic heterocycles. The Morgan fingerprint density at radius 3 is 1.92 bits per heavy atom. The predicted molar refractivity (Wildman–Crippen MR) is 98.2 cm³/mol. The van der Waals surface area contributed by atoms with Gasteiger partial charge in [0.25, 0.3) is 0 Å². The second-order valence-electron chi connectivity index (χ2n) is 9.60. The molecule has 5 rings (SSSR count). The average Bonchev–Trinajstić information content (AvgIpc) is 2.44. The molecule has 2 amide bonds. The van der Waals surface area contributed by atoms with Crippen LogP contribution in [0.2, 0.25) is 0 Å². The van der Waals surface area contributed by atoms with Gasteiger partial charge >= 0.3 is 6.03 Å². The minimum absolute atomic E-state index is 0.0274. The number of hydrogen-bond donors (Lipinski definition) is 2. The van der Waals surface area contributed by atoms with Gasteiger partial charge in [-0.15, -0.1) is 0 Å². The van der Waals surface area contributed by atoms with E-state index in [-0.39, 0.29) is 17.0 Å². The van der Waals surface area contributed by atoms with Crippen molar-refractivity contribution in [2.75, 3.05) is 5.32 Å². The third-order valence-electron chi connectivity index (χ3n) is 6.43. The Morgan fingerprint density at radius 2 is 1.46 bits per heavy atom. The molecule has 0 spiro atoms. The summed E-state index contributed by atoms with van der Waals surface area (Å²) in [6, 6.07) is 8.22. The minimum Gasteiger partial charge on any atom is -0.332 e. The molecule has 0 saturated heterocycles. The topological polar surface area (TPSA) is 41.1 Å². The standard InChI is InChI=1S/C21H30N2O/c1-20(2,3)17-4-6-18(7-5-17)22-19(24)23-21-11-14-8-15(12-21)10-16(9-14)13-21/h4-7,14-16H,8-13H2,1-3H3,(H2,22,23,24). The summed E-state index contributed by atoms with van der Waals surface area (Å²) < 4.78 is 0. The van der Waals surface area contributed by atoms with Gasteiger partial charge in [-0.1, -0.05) is 32.9 Å². The van der Waals surface area contributed by atoms with E-state index in [9.17, 15) is 4.79 Å². The molecule has 4 bridgehead atoms. The van der Waals surface area contributed by atoms with Crippen molar-refractivity contribution < 1.29 is 4.79 Å². The van der Waals surface area contributed by atoms with Gasteiger partial charge in [0.2, 0.25) is 0 Å². The minimum atomic E-state index is -0.0274. The van der Waals surface area contributed by atoms with Crippen molar-refractivity contribution in [2.24, 2.45) is 17.8 Å². The summed E-state index contributed by atoms with van der Waals surface area (Å²) in [6.07, 6.45) is 7.77. The molecule has 4 saturated carbocycles. The Kier molecular flexibility index (Phi) is 3.67. The lowest BCUT2D eigenvalue weighted by Gasteiger charge is -2.56. The van der Waals surface area contributed by atoms with Crippen LogP contribution in [0.15, 0.2) is 24.3 Å². The van der Waals surface area contributed by atoms with Gasteiger partial charge in [-0.2, -0.15) is 0 Å². The lowest BCUT2D eigenvalue weighted by atomic mass is 9.53. The normalized spacial score (nSPS) is 34.2. The lowest BCUT2D eigenvalue weighted by Crippen LogP contribution is -2.60. The maximum absolute atomic E-state index is 12.6. The van der Waals surface area contributed by atoms with E-state index in [4.69, 9.17) is 0 Å². The van der Waals surface area contributed by atoms with Gasteiger partial charge in [0.15, 0.2) is 0 Å². The Balaban J connectivity index is 1.40. The summed E-state index contributed by atoms with van der Waals surface area (Å²) >= 11 is 0. The van der Waals surface area contributed by atoms with Crippen LogP contribution in [0.5, 0.6) is 0 Å². The second-order valence-corrected chi connectivity index (χ2v) is 9.60. The maximum atomic E-state index is 12.6. The highest BCUT2D eigenvalue weighted by Gasteiger charge is 2.51. The van der Waals surface area contributed by atoms with Gasteiger partial charge in [-0.25, -0.2) is 4.79 Å². The molecule has 0 unspecified atom stereocenters. The van der Waals surface area contributed by atoms with Crippen molar-refractivity contribution in [3.05, 3.63) is 29.8 Å². The van der Waals surface area contributed by atoms with Crippen LogP contribution in [0, 0.1) is 17.8 Å². The third kappa shape index (κ3) is 3.05. The van der Waals surface area contributed by atoms with Crippen molar-refractivity contribution >= 4 is 11.7 Å². The number of urea groups is 1. The van der Waals surface area contributed by atoms with E-state index in [1.165, 1.54) is 44.1 Å². The van der Waals surface area contributed by atoms with E-state index >= 15 is 0 Å². The Morgan fingerprint density at radius 1 is 0.958 bits per heavy atom. The Bertz CT molecular complexity index is 591. The molecular weight excluding hydrogens is 296 g/mol. The highest BCUT2D eigenvalue weighted by molar-refractivity contribution is 5.89. The fourth-order valence-corrected chi connectivity index (χ4v) is 5.72. The number of carbonyl (C=O) groups excluding carboxylic acids is 1. The number of nitrogens with one attached hydrogen (secondary N) is 2. The van der Waals surface area contributed by atoms with Gasteiger partial charge < -0.3 is 10.6 Å². The van der Waals surface area contributed by atoms with E-state index in [0.29, 0.717) is 0 Å². The molecule has 1 aromatic rings. The van der Waals surface area contributed by atoms with Crippen LogP contribution >= 0.6 is 0 Å². The zero-order valence-corrected chi connectivity index (χ0v) is 15.2. The highest BCUT2D eigenvalue weighted by atomic mass is 16.2. The first-order chi connectivity index (χ1) is 11.3. The largest absolute Gasteiger partial charge is 0.332 e. The Hall–Kier alpha value is -1.51. The van der Waals surface area contributed by atoms with Crippen molar-refractivity contribution in [2.45, 2.75) is 70.3 Å². The number of amides is 2. The summed E-state index contributed by atoms with van der Waals surface area (Å²) in [6.45, 7) is 6.61. The van der Waals surface area contributed by atoms with E-state index in [1.54, 1.807) is 0 Å². The van der Waals surface area contributed by atoms with Crippen LogP contribution in [-0.2, 0) is 5.41 Å². The van der Waals surface area contributed by atoms with E-state index < -0.39 is 0 Å². The number of hydrogen-bond acceptors (Lipinski definition) is 1. The third-order valence-corrected chi connectivity index (χ3v) is 6.43. The van der Waals surface area contributed by atoms with Crippen molar-refractivity contribution in [3.8, 4) is 0 Å². The average molecular weight is 326 g/mol. The summed E-state index contributed by atoms with van der Waals surface area (Å²) in [5, 5.41) is 6.41. The van der Waals surface area contributed by atoms with Crippen molar-refractivity contribution in [3.63, 3.8) is 0 Å². The van der Waals surface area contributed by atoms with Crippen LogP contribution in [0.3, 0.4) is 0 Å². The lowest BCUT2D eigenvalue weighted by molar-refractivity contribution is -0.0127. The summed E-state index contributed by atoms with van der Waals surface area (Å²) in [4.78, 5) is 12.6. The van der Waals surface area contributed by atoms with Crippen molar-refractivity contribution in [1.29, 1.82) is 0 Å². The summed E-state index contributed by atoms with van der Waals surface area (Å²) in [5.41, 5.74) is 2.38. The molecule has 0 radical (unpaired) electrons. The quantitative estimate of drug-likeness (QED) is 0.782. The zero-order chi connectivity index (χ0) is 16.9. The van der Waals surface area contributed by atoms with Crippen LogP contribution in [-0.4, -0.2) is 11.6 Å². The predicted octanol–water partition coefficient (Wildman–Crippen LogP) is 5.07. The molecule has 2 N–H and O–H groups in total. The first kappa shape index (κ1) is 16.0. The first-order valence-electron chi connectivity index (χ1n) is 9.51. The molecule has 0 atom stereocenters. The smallest absolute Gasteiger partial charge is 0.319 e. The molecule has 3 nitrogen and oxygen atoms in total. The van der Waals surface area contributed by atoms with Crippen LogP contribution in [0.1, 0.15) is 64.9 Å². The zero-order valence-electron chi connectivity index (χ0n) is 15.2. The van der Waals surface area contributed by atoms with Gasteiger partial charge in [0.05, 0.1) is 0 Å². The monoisotopic (exact) mass is 326 g/mol. The van der Waals surface area contributed by atoms with E-state index in [1.807, 2.05) is 12.1 Å². The molecule has 1 aromatic carbocycles. The van der Waals surface area contributed by atoms with Gasteiger partial charge in [0, 0.05) is 11.2 Å². The molecule has 4 fully saturated rings. The summed E-state index contributed by atoms with van der Waals surface area (Å²) in [7, 11) is 0. The molecule has 3 heteroatoms. The van der Waals surface area contributed by atoms with Crippen LogP contribution in [0.25, 0.3) is 0 Å². The molecular formula is C21H30N2O. The molecule has 24 heavy (non-hydrogen) atoms. The molecule has 4 aliphatic rings. The second kappa shape index (κ2) is 5.50. The SMILES string of the molecule is CC(C)(C)c1ccc(NC(=O)NC23CC4CC(CC(C4)C2)C3)cc1. The highest BCUT2D eigenvalue weighted by Crippen LogP contribution is 2.55. The van der Waals surface area contributed by atoms with E-state index in [2.05, 4.69) is 43.5 Å². The van der Waals surface area contributed by atoms with Crippen molar-refractivity contribution in [1.82, 2.24) is 5.32 Å². The number of carbonyl (C=O) groups is 1. The number of rotatable bonds is 2. The van der Waals surface area contributed by atoms with Gasteiger partial charge in [-0.3, -0.25) is 0 Å². The van der Waals surface area contributed by atoms with E-state index in [0.717, 1.165) is 23.4 Å². The fraction of sp³-hybridized carbons (Fsp3) is 0.667. The van der Waals surface area contributed by atoms with Gasteiger partial charge in [0.1, 0.15) is 0 Å². The molecule has 0 aromatic heterocycles. The maximum Gasteiger partial charge on any atom is 0.319 e. The number of benzene rings is 1. The fourth-order valence-electron chi connectivity index (χ4n) is 5.72.